The molecule has 0 amide bonds. The van der Waals surface area contributed by atoms with Gasteiger partial charge in [0.1, 0.15) is 11.6 Å². The van der Waals surface area contributed by atoms with Gasteiger partial charge in [-0.1, -0.05) is 83.9 Å². The van der Waals surface area contributed by atoms with Crippen LogP contribution in [-0.2, 0) is 19.8 Å². The Labute approximate surface area is 193 Å². The lowest BCUT2D eigenvalue weighted by Crippen LogP contribution is -2.37. The number of Topliss-reactive ketones (excluding diaryl/α,β-unsaturated/α-hetero) is 1. The number of carbonyl (C=O) groups is 2. The second-order valence-electron chi connectivity index (χ2n) is 8.39. The largest absolute Gasteiger partial charge is 0.349 e. The fraction of sp³-hybridized carbons (Fsp3) is 0.296. The molecule has 0 radical (unpaired) electrons. The Kier molecular flexibility index (Phi) is 7.05. The molecule has 4 rings (SSSR count). The van der Waals surface area contributed by atoms with E-state index in [4.69, 9.17) is 4.84 Å². The Morgan fingerprint density at radius 1 is 1.03 bits per heavy atom. The summed E-state index contributed by atoms with van der Waals surface area (Å²) in [6.07, 6.45) is 12.4. The summed E-state index contributed by atoms with van der Waals surface area (Å²) >= 11 is 1.68. The van der Waals surface area contributed by atoms with Gasteiger partial charge in [-0.05, 0) is 55.0 Å². The van der Waals surface area contributed by atoms with Crippen LogP contribution in [0.25, 0.3) is 0 Å². The monoisotopic (exact) mass is 445 g/mol. The minimum atomic E-state index is -0.948. The van der Waals surface area contributed by atoms with E-state index in [-0.39, 0.29) is 5.78 Å². The summed E-state index contributed by atoms with van der Waals surface area (Å²) < 4.78 is 0. The van der Waals surface area contributed by atoms with Gasteiger partial charge < -0.3 is 4.84 Å². The van der Waals surface area contributed by atoms with E-state index in [1.54, 1.807) is 11.8 Å². The van der Waals surface area contributed by atoms with Crippen LogP contribution in [0, 0.1) is 5.92 Å². The van der Waals surface area contributed by atoms with Crippen molar-refractivity contribution in [1.82, 2.24) is 0 Å². The third kappa shape index (κ3) is 5.10. The van der Waals surface area contributed by atoms with Crippen LogP contribution in [0.5, 0.6) is 0 Å². The van der Waals surface area contributed by atoms with Crippen molar-refractivity contribution in [2.24, 2.45) is 11.1 Å². The summed E-state index contributed by atoms with van der Waals surface area (Å²) in [4.78, 5) is 32.0. The molecule has 0 saturated heterocycles. The van der Waals surface area contributed by atoms with Crippen LogP contribution >= 0.6 is 11.8 Å². The SMILES string of the molecule is CC(=O)C=NOC(=O)C1(c2ccc(Sc3ccccc3)cc2)C=CC=C(C2CCCC2)C1. The van der Waals surface area contributed by atoms with Crippen LogP contribution in [-0.4, -0.2) is 18.0 Å². The van der Waals surface area contributed by atoms with E-state index >= 15 is 0 Å². The lowest BCUT2D eigenvalue weighted by atomic mass is 9.70. The van der Waals surface area contributed by atoms with Gasteiger partial charge in [-0.3, -0.25) is 4.79 Å². The molecule has 1 saturated carbocycles. The average molecular weight is 446 g/mol. The first-order chi connectivity index (χ1) is 15.6. The third-order valence-corrected chi connectivity index (χ3v) is 7.15. The highest BCUT2D eigenvalue weighted by Crippen LogP contribution is 2.43. The molecule has 1 atom stereocenters. The van der Waals surface area contributed by atoms with E-state index in [0.717, 1.165) is 21.6 Å². The zero-order valence-electron chi connectivity index (χ0n) is 18.2. The number of nitrogens with zero attached hydrogens (tertiary/aromatic N) is 1. The van der Waals surface area contributed by atoms with Crippen molar-refractivity contribution >= 4 is 29.7 Å². The Morgan fingerprint density at radius 3 is 2.41 bits per heavy atom. The van der Waals surface area contributed by atoms with Crippen LogP contribution < -0.4 is 0 Å². The Bertz CT molecular complexity index is 1050. The molecule has 4 nitrogen and oxygen atoms in total. The Balaban J connectivity index is 1.61. The van der Waals surface area contributed by atoms with E-state index in [1.807, 2.05) is 54.6 Å². The second-order valence-corrected chi connectivity index (χ2v) is 9.54. The summed E-state index contributed by atoms with van der Waals surface area (Å²) in [5.74, 6) is -0.209. The standard InChI is InChI=1S/C27H27NO3S/c1-20(29)19-28-31-26(30)27(17-7-10-22(18-27)21-8-5-6-9-21)23-13-15-25(16-14-23)32-24-11-3-2-4-12-24/h2-4,7,10-17,19,21H,5-6,8-9,18H2,1H3. The number of hydrogen-bond acceptors (Lipinski definition) is 5. The third-order valence-electron chi connectivity index (χ3n) is 6.14. The van der Waals surface area contributed by atoms with Gasteiger partial charge in [-0.25, -0.2) is 4.79 Å². The van der Waals surface area contributed by atoms with Crippen molar-refractivity contribution in [2.75, 3.05) is 0 Å². The normalized spacial score (nSPS) is 21.0. The topological polar surface area (TPSA) is 55.7 Å². The Morgan fingerprint density at radius 2 is 1.72 bits per heavy atom. The van der Waals surface area contributed by atoms with Crippen molar-refractivity contribution in [1.29, 1.82) is 0 Å². The molecular formula is C27H27NO3S. The fourth-order valence-corrected chi connectivity index (χ4v) is 5.32. The number of benzene rings is 2. The van der Waals surface area contributed by atoms with Crippen LogP contribution in [0.15, 0.2) is 93.3 Å². The van der Waals surface area contributed by atoms with Gasteiger partial charge in [0.15, 0.2) is 5.78 Å². The molecule has 0 N–H and O–H groups in total. The van der Waals surface area contributed by atoms with Crippen molar-refractivity contribution < 1.29 is 14.4 Å². The van der Waals surface area contributed by atoms with Gasteiger partial charge in [0.2, 0.25) is 0 Å². The predicted molar refractivity (Wildman–Crippen MR) is 128 cm³/mol. The molecule has 2 aliphatic rings. The predicted octanol–water partition coefficient (Wildman–Crippen LogP) is 6.27. The lowest BCUT2D eigenvalue weighted by molar-refractivity contribution is -0.148. The molecule has 0 heterocycles. The van der Waals surface area contributed by atoms with E-state index in [9.17, 15) is 9.59 Å². The molecule has 0 spiro atoms. The maximum absolute atomic E-state index is 13.3. The second kappa shape index (κ2) is 10.1. The van der Waals surface area contributed by atoms with E-state index in [1.165, 1.54) is 38.2 Å². The number of hydrogen-bond donors (Lipinski definition) is 0. The fourth-order valence-electron chi connectivity index (χ4n) is 4.48. The molecule has 0 aromatic heterocycles. The highest BCUT2D eigenvalue weighted by atomic mass is 32.2. The van der Waals surface area contributed by atoms with Crippen LogP contribution in [0.4, 0.5) is 0 Å². The van der Waals surface area contributed by atoms with Crippen molar-refractivity contribution in [3.63, 3.8) is 0 Å². The Hall–Kier alpha value is -2.92. The summed E-state index contributed by atoms with van der Waals surface area (Å²) in [6, 6.07) is 18.3. The van der Waals surface area contributed by atoms with E-state index < -0.39 is 11.4 Å². The lowest BCUT2D eigenvalue weighted by Gasteiger charge is -2.33. The molecular weight excluding hydrogens is 418 g/mol. The molecule has 0 aliphatic heterocycles. The molecule has 32 heavy (non-hydrogen) atoms. The quantitative estimate of drug-likeness (QED) is 0.286. The van der Waals surface area contributed by atoms with Crippen LogP contribution in [0.2, 0.25) is 0 Å². The number of carbonyl (C=O) groups excluding carboxylic acids is 2. The van der Waals surface area contributed by atoms with Gasteiger partial charge in [0.25, 0.3) is 0 Å². The number of oxime groups is 1. The van der Waals surface area contributed by atoms with Crippen molar-refractivity contribution in [2.45, 2.75) is 54.2 Å². The highest BCUT2D eigenvalue weighted by Gasteiger charge is 2.43. The van der Waals surface area contributed by atoms with Gasteiger partial charge in [-0.15, -0.1) is 0 Å². The molecule has 2 aromatic rings. The van der Waals surface area contributed by atoms with Gasteiger partial charge in [0.05, 0.1) is 0 Å². The summed E-state index contributed by atoms with van der Waals surface area (Å²) in [5.41, 5.74) is 1.22. The minimum Gasteiger partial charge on any atom is -0.317 e. The van der Waals surface area contributed by atoms with E-state index in [2.05, 4.69) is 23.4 Å². The molecule has 2 aliphatic carbocycles. The first kappa shape index (κ1) is 22.3. The molecule has 5 heteroatoms. The van der Waals surface area contributed by atoms with Gasteiger partial charge in [0, 0.05) is 16.7 Å². The number of ketones is 1. The average Bonchev–Trinajstić information content (AvgIpc) is 3.35. The summed E-state index contributed by atoms with van der Waals surface area (Å²) in [5, 5.41) is 3.63. The van der Waals surface area contributed by atoms with Crippen LogP contribution in [0.3, 0.4) is 0 Å². The first-order valence-corrected chi connectivity index (χ1v) is 11.9. The smallest absolute Gasteiger partial charge is 0.317 e. The minimum absolute atomic E-state index is 0.264. The highest BCUT2D eigenvalue weighted by molar-refractivity contribution is 7.99. The molecule has 2 aromatic carbocycles. The molecule has 1 unspecified atom stereocenters. The molecule has 164 valence electrons. The van der Waals surface area contributed by atoms with Gasteiger partial charge >= 0.3 is 5.97 Å². The zero-order valence-corrected chi connectivity index (χ0v) is 19.0. The maximum Gasteiger partial charge on any atom is 0.349 e. The maximum atomic E-state index is 13.3. The summed E-state index contributed by atoms with van der Waals surface area (Å²) in [7, 11) is 0. The number of allylic oxidation sites excluding steroid dienone is 3. The molecule has 0 bridgehead atoms. The van der Waals surface area contributed by atoms with E-state index in [0.29, 0.717) is 12.3 Å². The van der Waals surface area contributed by atoms with Crippen molar-refractivity contribution in [3.8, 4) is 0 Å². The van der Waals surface area contributed by atoms with Crippen molar-refractivity contribution in [3.05, 3.63) is 84.0 Å². The molecule has 1 fully saturated rings. The van der Waals surface area contributed by atoms with Gasteiger partial charge in [-0.2, -0.15) is 0 Å². The first-order valence-electron chi connectivity index (χ1n) is 11.0. The zero-order chi connectivity index (χ0) is 22.4. The summed E-state index contributed by atoms with van der Waals surface area (Å²) in [6.45, 7) is 1.37. The van der Waals surface area contributed by atoms with Crippen LogP contribution in [0.1, 0.15) is 44.6 Å². The number of rotatable bonds is 7.